The van der Waals surface area contributed by atoms with Crippen molar-refractivity contribution in [1.29, 1.82) is 0 Å². The van der Waals surface area contributed by atoms with E-state index in [4.69, 9.17) is 11.6 Å². The molecule has 0 bridgehead atoms. The summed E-state index contributed by atoms with van der Waals surface area (Å²) in [5, 5.41) is 3.84. The molecule has 3 rings (SSSR count). The van der Waals surface area contributed by atoms with Gasteiger partial charge in [-0.2, -0.15) is 0 Å². The number of rotatable bonds is 9. The third-order valence-corrected chi connectivity index (χ3v) is 6.73. The van der Waals surface area contributed by atoms with Crippen molar-refractivity contribution >= 4 is 35.2 Å². The Labute approximate surface area is 188 Å². The van der Waals surface area contributed by atoms with Gasteiger partial charge in [0, 0.05) is 34.7 Å². The van der Waals surface area contributed by atoms with Crippen LogP contribution in [0.15, 0.2) is 59.5 Å². The molecule has 0 heterocycles. The van der Waals surface area contributed by atoms with Crippen LogP contribution in [-0.2, 0) is 16.1 Å². The van der Waals surface area contributed by atoms with Gasteiger partial charge in [-0.05, 0) is 49.6 Å². The number of carbonyl (C=O) groups is 2. The minimum absolute atomic E-state index is 0.00520. The van der Waals surface area contributed by atoms with Gasteiger partial charge in [0.05, 0.1) is 0 Å². The monoisotopic (exact) mass is 444 g/mol. The van der Waals surface area contributed by atoms with Gasteiger partial charge in [-0.1, -0.05) is 54.8 Å². The third kappa shape index (κ3) is 6.78. The fourth-order valence-electron chi connectivity index (χ4n) is 3.69. The molecule has 1 saturated carbocycles. The quantitative estimate of drug-likeness (QED) is 0.534. The van der Waals surface area contributed by atoms with Gasteiger partial charge in [0.2, 0.25) is 11.8 Å². The molecule has 0 aromatic heterocycles. The second-order valence-corrected chi connectivity index (χ2v) is 9.33. The van der Waals surface area contributed by atoms with Gasteiger partial charge in [-0.25, -0.2) is 0 Å². The highest BCUT2D eigenvalue weighted by Gasteiger charge is 2.28. The SMILES string of the molecule is CC(C(=O)NC1CCCC1)N(Cc1ccccc1)C(=O)CCSc1ccc(Cl)cc1. The number of nitrogens with zero attached hydrogens (tertiary/aromatic N) is 1. The van der Waals surface area contributed by atoms with E-state index >= 15 is 0 Å². The molecule has 0 spiro atoms. The average molecular weight is 445 g/mol. The summed E-state index contributed by atoms with van der Waals surface area (Å²) >= 11 is 7.55. The lowest BCUT2D eigenvalue weighted by atomic mass is 10.1. The first kappa shape index (κ1) is 22.7. The second-order valence-electron chi connectivity index (χ2n) is 7.73. The van der Waals surface area contributed by atoms with Crippen molar-refractivity contribution in [3.8, 4) is 0 Å². The predicted octanol–water partition coefficient (Wildman–Crippen LogP) is 5.30. The lowest BCUT2D eigenvalue weighted by Gasteiger charge is -2.29. The topological polar surface area (TPSA) is 49.4 Å². The molecule has 0 aliphatic heterocycles. The van der Waals surface area contributed by atoms with E-state index in [0.29, 0.717) is 23.7 Å². The Morgan fingerprint density at radius 3 is 2.43 bits per heavy atom. The normalized spacial score (nSPS) is 15.0. The summed E-state index contributed by atoms with van der Waals surface area (Å²) in [5.41, 5.74) is 1.02. The van der Waals surface area contributed by atoms with Crippen LogP contribution in [0, 0.1) is 0 Å². The van der Waals surface area contributed by atoms with E-state index in [-0.39, 0.29) is 17.9 Å². The van der Waals surface area contributed by atoms with Gasteiger partial charge >= 0.3 is 0 Å². The molecule has 6 heteroatoms. The van der Waals surface area contributed by atoms with Crippen LogP contribution < -0.4 is 5.32 Å². The van der Waals surface area contributed by atoms with E-state index in [1.165, 1.54) is 0 Å². The molecular formula is C24H29ClN2O2S. The fraction of sp³-hybridized carbons (Fsp3) is 0.417. The molecule has 0 radical (unpaired) electrons. The lowest BCUT2D eigenvalue weighted by molar-refractivity contribution is -0.140. The standard InChI is InChI=1S/C24H29ClN2O2S/c1-18(24(29)26-21-9-5-6-10-21)27(17-19-7-3-2-4-8-19)23(28)15-16-30-22-13-11-20(25)12-14-22/h2-4,7-8,11-14,18,21H,5-6,9-10,15-17H2,1H3,(H,26,29). The molecule has 1 aliphatic rings. The van der Waals surface area contributed by atoms with Crippen molar-refractivity contribution in [2.75, 3.05) is 5.75 Å². The lowest BCUT2D eigenvalue weighted by Crippen LogP contribution is -2.49. The highest BCUT2D eigenvalue weighted by atomic mass is 35.5. The van der Waals surface area contributed by atoms with Gasteiger partial charge in [0.1, 0.15) is 6.04 Å². The summed E-state index contributed by atoms with van der Waals surface area (Å²) < 4.78 is 0. The van der Waals surface area contributed by atoms with Crippen LogP contribution in [0.5, 0.6) is 0 Å². The Hall–Kier alpha value is -1.98. The van der Waals surface area contributed by atoms with Crippen molar-refractivity contribution < 1.29 is 9.59 Å². The minimum atomic E-state index is -0.501. The Balaban J connectivity index is 1.62. The minimum Gasteiger partial charge on any atom is -0.352 e. The maximum Gasteiger partial charge on any atom is 0.242 e. The summed E-state index contributed by atoms with van der Waals surface area (Å²) in [6.07, 6.45) is 4.76. The Bertz CT molecular complexity index is 823. The van der Waals surface area contributed by atoms with Crippen LogP contribution in [0.2, 0.25) is 5.02 Å². The van der Waals surface area contributed by atoms with Crippen LogP contribution in [0.1, 0.15) is 44.6 Å². The third-order valence-electron chi connectivity index (χ3n) is 5.46. The van der Waals surface area contributed by atoms with Crippen molar-refractivity contribution in [3.05, 3.63) is 65.2 Å². The molecule has 1 N–H and O–H groups in total. The first-order valence-corrected chi connectivity index (χ1v) is 11.9. The van der Waals surface area contributed by atoms with Crippen LogP contribution in [0.4, 0.5) is 0 Å². The number of amides is 2. The van der Waals surface area contributed by atoms with Crippen LogP contribution in [0.25, 0.3) is 0 Å². The first-order chi connectivity index (χ1) is 14.5. The zero-order valence-corrected chi connectivity index (χ0v) is 18.9. The van der Waals surface area contributed by atoms with E-state index in [1.54, 1.807) is 16.7 Å². The summed E-state index contributed by atoms with van der Waals surface area (Å²) in [5.74, 6) is 0.592. The maximum absolute atomic E-state index is 13.1. The molecule has 1 aliphatic carbocycles. The number of halogens is 1. The molecule has 4 nitrogen and oxygen atoms in total. The van der Waals surface area contributed by atoms with E-state index in [1.807, 2.05) is 61.5 Å². The summed E-state index contributed by atoms with van der Waals surface area (Å²) in [7, 11) is 0. The second kappa shape index (κ2) is 11.4. The average Bonchev–Trinajstić information content (AvgIpc) is 3.26. The number of nitrogens with one attached hydrogen (secondary N) is 1. The van der Waals surface area contributed by atoms with Gasteiger partial charge in [0.15, 0.2) is 0 Å². The highest BCUT2D eigenvalue weighted by molar-refractivity contribution is 7.99. The largest absolute Gasteiger partial charge is 0.352 e. The molecule has 2 aromatic rings. The molecule has 1 fully saturated rings. The Morgan fingerprint density at radius 1 is 1.10 bits per heavy atom. The molecule has 2 aromatic carbocycles. The first-order valence-electron chi connectivity index (χ1n) is 10.5. The van der Waals surface area contributed by atoms with E-state index < -0.39 is 6.04 Å². The highest BCUT2D eigenvalue weighted by Crippen LogP contribution is 2.22. The Morgan fingerprint density at radius 2 is 1.77 bits per heavy atom. The smallest absolute Gasteiger partial charge is 0.242 e. The van der Waals surface area contributed by atoms with Crippen molar-refractivity contribution in [3.63, 3.8) is 0 Å². The zero-order chi connectivity index (χ0) is 21.3. The van der Waals surface area contributed by atoms with E-state index in [9.17, 15) is 9.59 Å². The molecule has 0 saturated heterocycles. The van der Waals surface area contributed by atoms with Crippen LogP contribution in [0.3, 0.4) is 0 Å². The summed E-state index contributed by atoms with van der Waals surface area (Å²) in [6.45, 7) is 2.27. The van der Waals surface area contributed by atoms with Gasteiger partial charge in [0.25, 0.3) is 0 Å². The van der Waals surface area contributed by atoms with Crippen LogP contribution in [-0.4, -0.2) is 34.6 Å². The van der Waals surface area contributed by atoms with Gasteiger partial charge in [-0.3, -0.25) is 9.59 Å². The number of thioether (sulfide) groups is 1. The predicted molar refractivity (Wildman–Crippen MR) is 124 cm³/mol. The van der Waals surface area contributed by atoms with Crippen molar-refractivity contribution in [2.24, 2.45) is 0 Å². The summed E-state index contributed by atoms with van der Waals surface area (Å²) in [4.78, 5) is 28.7. The van der Waals surface area contributed by atoms with Gasteiger partial charge in [-0.15, -0.1) is 11.8 Å². The fourth-order valence-corrected chi connectivity index (χ4v) is 4.65. The maximum atomic E-state index is 13.1. The Kier molecular flexibility index (Phi) is 8.64. The number of hydrogen-bond donors (Lipinski definition) is 1. The molecular weight excluding hydrogens is 416 g/mol. The molecule has 160 valence electrons. The molecule has 1 unspecified atom stereocenters. The molecule has 1 atom stereocenters. The molecule has 30 heavy (non-hydrogen) atoms. The van der Waals surface area contributed by atoms with Crippen LogP contribution >= 0.6 is 23.4 Å². The van der Waals surface area contributed by atoms with E-state index in [2.05, 4.69) is 5.32 Å². The zero-order valence-electron chi connectivity index (χ0n) is 17.4. The van der Waals surface area contributed by atoms with Crippen molar-refractivity contribution in [1.82, 2.24) is 10.2 Å². The van der Waals surface area contributed by atoms with Gasteiger partial charge < -0.3 is 10.2 Å². The summed E-state index contributed by atoms with van der Waals surface area (Å²) in [6, 6.07) is 17.2. The van der Waals surface area contributed by atoms with Crippen molar-refractivity contribution in [2.45, 2.75) is 62.6 Å². The number of carbonyl (C=O) groups excluding carboxylic acids is 2. The number of hydrogen-bond acceptors (Lipinski definition) is 3. The number of benzene rings is 2. The van der Waals surface area contributed by atoms with E-state index in [0.717, 1.165) is 36.1 Å². The molecule has 2 amide bonds.